The van der Waals surface area contributed by atoms with Crippen LogP contribution in [0.25, 0.3) is 0 Å². The lowest BCUT2D eigenvalue weighted by molar-refractivity contribution is 0.0407. The molecule has 0 aromatic heterocycles. The number of carbonyl (C=O) groups excluding carboxylic acids is 2. The van der Waals surface area contributed by atoms with Gasteiger partial charge in [-0.1, -0.05) is 34.1 Å². The molecule has 0 saturated heterocycles. The average molecular weight is 530 g/mol. The van der Waals surface area contributed by atoms with Crippen molar-refractivity contribution in [2.45, 2.75) is 6.23 Å². The number of anilines is 2. The number of ether oxygens (including phenoxy) is 1. The van der Waals surface area contributed by atoms with Crippen molar-refractivity contribution in [2.75, 3.05) is 23.7 Å². The quantitative estimate of drug-likeness (QED) is 0.483. The first kappa shape index (κ1) is 23.0. The summed E-state index contributed by atoms with van der Waals surface area (Å²) in [6.45, 7) is 0. The average Bonchev–Trinajstić information content (AvgIpc) is 3.12. The zero-order valence-corrected chi connectivity index (χ0v) is 20.1. The first-order chi connectivity index (χ1) is 15.7. The Hall–Kier alpha value is -3.21. The van der Waals surface area contributed by atoms with Crippen molar-refractivity contribution < 1.29 is 22.7 Å². The molecule has 1 amide bonds. The van der Waals surface area contributed by atoms with Crippen molar-refractivity contribution in [2.24, 2.45) is 0 Å². The Morgan fingerprint density at radius 1 is 0.970 bits per heavy atom. The van der Waals surface area contributed by atoms with Crippen LogP contribution >= 0.6 is 15.9 Å². The molecule has 1 aliphatic rings. The normalized spacial score (nSPS) is 15.2. The van der Waals surface area contributed by atoms with Gasteiger partial charge in [0.25, 0.3) is 5.91 Å². The molecular weight excluding hydrogens is 510 g/mol. The van der Waals surface area contributed by atoms with Crippen LogP contribution in [0.5, 0.6) is 0 Å². The highest BCUT2D eigenvalue weighted by molar-refractivity contribution is 9.10. The molecule has 170 valence electrons. The van der Waals surface area contributed by atoms with Gasteiger partial charge in [-0.2, -0.15) is 12.7 Å². The van der Waals surface area contributed by atoms with E-state index in [0.717, 1.165) is 13.1 Å². The maximum absolute atomic E-state index is 13.2. The number of cyclic esters (lactones) is 1. The minimum absolute atomic E-state index is 0.249. The van der Waals surface area contributed by atoms with Gasteiger partial charge in [0.05, 0.1) is 11.3 Å². The Labute approximate surface area is 200 Å². The molecule has 3 aromatic carbocycles. The van der Waals surface area contributed by atoms with Crippen LogP contribution in [0.15, 0.2) is 77.3 Å². The summed E-state index contributed by atoms with van der Waals surface area (Å²) >= 11 is 3.34. The molecule has 4 rings (SSSR count). The number of benzene rings is 3. The van der Waals surface area contributed by atoms with Gasteiger partial charge in [-0.25, -0.2) is 9.10 Å². The van der Waals surface area contributed by atoms with E-state index in [9.17, 15) is 18.0 Å². The second-order valence-corrected chi connectivity index (χ2v) is 10.4. The largest absolute Gasteiger partial charge is 0.432 e. The minimum Gasteiger partial charge on any atom is -0.432 e. The van der Waals surface area contributed by atoms with Crippen LogP contribution in [0.1, 0.15) is 32.5 Å². The Balaban J connectivity index is 1.67. The molecule has 0 saturated carbocycles. The van der Waals surface area contributed by atoms with E-state index in [1.54, 1.807) is 36.4 Å². The molecule has 8 nitrogen and oxygen atoms in total. The van der Waals surface area contributed by atoms with Crippen LogP contribution in [0.2, 0.25) is 0 Å². The second kappa shape index (κ2) is 8.97. The number of fused-ring (bicyclic) bond motifs is 1. The van der Waals surface area contributed by atoms with Gasteiger partial charge in [0.15, 0.2) is 0 Å². The topological polar surface area (TPSA) is 96.0 Å². The zero-order chi connectivity index (χ0) is 23.8. The van der Waals surface area contributed by atoms with Crippen molar-refractivity contribution in [3.05, 3.63) is 94.0 Å². The van der Waals surface area contributed by atoms with Gasteiger partial charge in [0.2, 0.25) is 6.23 Å². The van der Waals surface area contributed by atoms with Crippen molar-refractivity contribution in [3.8, 4) is 0 Å². The monoisotopic (exact) mass is 529 g/mol. The fourth-order valence-electron chi connectivity index (χ4n) is 3.36. The third-order valence-electron chi connectivity index (χ3n) is 5.07. The highest BCUT2D eigenvalue weighted by Crippen LogP contribution is 2.38. The molecule has 1 unspecified atom stereocenters. The zero-order valence-electron chi connectivity index (χ0n) is 17.7. The minimum atomic E-state index is -4.04. The third-order valence-corrected chi connectivity index (χ3v) is 7.43. The van der Waals surface area contributed by atoms with E-state index in [4.69, 9.17) is 4.74 Å². The lowest BCUT2D eigenvalue weighted by atomic mass is 10.1. The fraction of sp³-hybridized carbons (Fsp3) is 0.130. The van der Waals surface area contributed by atoms with E-state index in [1.807, 2.05) is 12.1 Å². The van der Waals surface area contributed by atoms with E-state index >= 15 is 0 Å². The van der Waals surface area contributed by atoms with E-state index in [0.29, 0.717) is 22.4 Å². The number of nitrogens with one attached hydrogen (secondary N) is 1. The summed E-state index contributed by atoms with van der Waals surface area (Å²) in [5.74, 6) is -0.941. The van der Waals surface area contributed by atoms with E-state index in [-0.39, 0.29) is 11.6 Å². The molecule has 1 atom stereocenters. The second-order valence-electron chi connectivity index (χ2n) is 7.44. The van der Waals surface area contributed by atoms with Gasteiger partial charge >= 0.3 is 16.2 Å². The van der Waals surface area contributed by atoms with Gasteiger partial charge in [-0.05, 0) is 54.6 Å². The number of carbonyl (C=O) groups is 2. The Kier molecular flexibility index (Phi) is 6.24. The number of hydrogen-bond acceptors (Lipinski definition) is 5. The molecule has 1 heterocycles. The van der Waals surface area contributed by atoms with E-state index in [1.165, 1.54) is 38.4 Å². The predicted octanol–water partition coefficient (Wildman–Crippen LogP) is 4.18. The molecule has 0 bridgehead atoms. The molecule has 0 radical (unpaired) electrons. The summed E-state index contributed by atoms with van der Waals surface area (Å²) in [6.07, 6.45) is -1.16. The summed E-state index contributed by atoms with van der Waals surface area (Å²) < 4.78 is 34.8. The van der Waals surface area contributed by atoms with Gasteiger partial charge in [0, 0.05) is 35.4 Å². The van der Waals surface area contributed by atoms with Crippen LogP contribution in [0.4, 0.5) is 11.4 Å². The van der Waals surface area contributed by atoms with Gasteiger partial charge in [0.1, 0.15) is 0 Å². The Morgan fingerprint density at radius 3 is 2.24 bits per heavy atom. The maximum atomic E-state index is 13.2. The highest BCUT2D eigenvalue weighted by atomic mass is 79.9. The number of amides is 1. The number of nitrogens with zero attached hydrogens (tertiary/aromatic N) is 2. The molecule has 10 heteroatoms. The number of esters is 1. The molecule has 1 N–H and O–H groups in total. The number of halogens is 1. The summed E-state index contributed by atoms with van der Waals surface area (Å²) in [5, 5.41) is 2.79. The summed E-state index contributed by atoms with van der Waals surface area (Å²) in [4.78, 5) is 24.9. The van der Waals surface area contributed by atoms with Gasteiger partial charge < -0.3 is 10.1 Å². The third kappa shape index (κ3) is 4.50. The van der Waals surface area contributed by atoms with Crippen molar-refractivity contribution in [1.29, 1.82) is 0 Å². The Morgan fingerprint density at radius 2 is 1.61 bits per heavy atom. The summed E-state index contributed by atoms with van der Waals surface area (Å²) in [5.41, 5.74) is 1.97. The summed E-state index contributed by atoms with van der Waals surface area (Å²) in [7, 11) is -1.26. The molecular formula is C23H20BrN3O5S. The van der Waals surface area contributed by atoms with Crippen LogP contribution in [0, 0.1) is 0 Å². The van der Waals surface area contributed by atoms with Crippen LogP contribution in [-0.4, -0.2) is 38.7 Å². The van der Waals surface area contributed by atoms with Gasteiger partial charge in [-0.3, -0.25) is 4.79 Å². The first-order valence-electron chi connectivity index (χ1n) is 9.87. The molecule has 0 fully saturated rings. The maximum Gasteiger partial charge on any atom is 0.340 e. The first-order valence-corrected chi connectivity index (χ1v) is 12.1. The summed E-state index contributed by atoms with van der Waals surface area (Å²) in [6, 6.07) is 19.8. The number of rotatable bonds is 6. The lowest BCUT2D eigenvalue weighted by Crippen LogP contribution is -2.42. The van der Waals surface area contributed by atoms with Crippen molar-refractivity contribution in [3.63, 3.8) is 0 Å². The molecule has 0 aliphatic carbocycles. The Bertz CT molecular complexity index is 1310. The van der Waals surface area contributed by atoms with Crippen LogP contribution < -0.4 is 9.62 Å². The van der Waals surface area contributed by atoms with E-state index in [2.05, 4.69) is 21.2 Å². The molecule has 3 aromatic rings. The molecule has 1 aliphatic heterocycles. The lowest BCUT2D eigenvalue weighted by Gasteiger charge is -2.31. The molecule has 33 heavy (non-hydrogen) atoms. The standard InChI is InChI=1S/C23H20BrN3O5S/c1-26(2)33(30,31)27(22-19-5-3-4-6-20(19)23(29)32-22)18-13-7-15(8-14-18)21(28)25-17-11-9-16(24)10-12-17/h3-14,22H,1-2H3,(H,25,28). The van der Waals surface area contributed by atoms with Gasteiger partial charge in [-0.15, -0.1) is 0 Å². The predicted molar refractivity (Wildman–Crippen MR) is 128 cm³/mol. The molecule has 0 spiro atoms. The van der Waals surface area contributed by atoms with Crippen LogP contribution in [-0.2, 0) is 14.9 Å². The van der Waals surface area contributed by atoms with Crippen LogP contribution in [0.3, 0.4) is 0 Å². The fourth-order valence-corrected chi connectivity index (χ4v) is 4.77. The van der Waals surface area contributed by atoms with E-state index < -0.39 is 22.4 Å². The highest BCUT2D eigenvalue weighted by Gasteiger charge is 2.41. The smallest absolute Gasteiger partial charge is 0.340 e. The number of hydrogen-bond donors (Lipinski definition) is 1. The van der Waals surface area contributed by atoms with Crippen molar-refractivity contribution >= 4 is 49.4 Å². The SMILES string of the molecule is CN(C)S(=O)(=O)N(c1ccc(C(=O)Nc2ccc(Br)cc2)cc1)C1OC(=O)c2ccccc21. The van der Waals surface area contributed by atoms with Crippen molar-refractivity contribution in [1.82, 2.24) is 4.31 Å².